The summed E-state index contributed by atoms with van der Waals surface area (Å²) in [5.74, 6) is 0.200. The van der Waals surface area contributed by atoms with E-state index >= 15 is 0 Å². The van der Waals surface area contributed by atoms with E-state index in [0.29, 0.717) is 23.8 Å². The zero-order chi connectivity index (χ0) is 19.6. The van der Waals surface area contributed by atoms with Crippen molar-refractivity contribution < 1.29 is 23.8 Å². The third-order valence-electron chi connectivity index (χ3n) is 3.55. The number of hydrogen-bond donors (Lipinski definition) is 1. The summed E-state index contributed by atoms with van der Waals surface area (Å²) >= 11 is 0. The molecule has 2 aromatic rings. The number of hydrogen-bond acceptors (Lipinski definition) is 5. The molecule has 0 aromatic heterocycles. The normalized spacial score (nSPS) is 10.5. The van der Waals surface area contributed by atoms with Crippen LogP contribution in [-0.4, -0.2) is 32.2 Å². The molecule has 27 heavy (non-hydrogen) atoms. The highest BCUT2D eigenvalue weighted by molar-refractivity contribution is 5.94. The Labute approximate surface area is 158 Å². The summed E-state index contributed by atoms with van der Waals surface area (Å²) in [5, 5.41) is 2.68. The Balaban J connectivity index is 1.87. The number of esters is 1. The molecule has 0 atom stereocenters. The van der Waals surface area contributed by atoms with Crippen molar-refractivity contribution in [1.82, 2.24) is 0 Å². The largest absolute Gasteiger partial charge is 0.493 e. The van der Waals surface area contributed by atoms with Crippen LogP contribution in [0.25, 0.3) is 6.08 Å². The molecule has 0 saturated heterocycles. The fourth-order valence-electron chi connectivity index (χ4n) is 2.33. The van der Waals surface area contributed by atoms with E-state index in [0.717, 1.165) is 11.1 Å². The van der Waals surface area contributed by atoms with Crippen molar-refractivity contribution in [2.24, 2.45) is 0 Å². The molecule has 0 aliphatic carbocycles. The minimum absolute atomic E-state index is 0.357. The molecule has 0 radical (unpaired) electrons. The van der Waals surface area contributed by atoms with Gasteiger partial charge in [-0.15, -0.1) is 0 Å². The van der Waals surface area contributed by atoms with E-state index in [9.17, 15) is 9.59 Å². The van der Waals surface area contributed by atoms with Gasteiger partial charge in [0.2, 0.25) is 0 Å². The quantitative estimate of drug-likeness (QED) is 0.568. The SMILES string of the molecule is CCOc1cc(/C=C/C(=O)OCC(=O)Nc2cccc(C)c2)ccc1OC. The van der Waals surface area contributed by atoms with Gasteiger partial charge >= 0.3 is 5.97 Å². The predicted molar refractivity (Wildman–Crippen MR) is 104 cm³/mol. The maximum atomic E-state index is 11.8. The van der Waals surface area contributed by atoms with E-state index in [1.165, 1.54) is 6.08 Å². The van der Waals surface area contributed by atoms with E-state index in [-0.39, 0.29) is 6.61 Å². The first-order valence-electron chi connectivity index (χ1n) is 8.54. The molecule has 0 aliphatic rings. The molecule has 1 amide bonds. The van der Waals surface area contributed by atoms with Crippen LogP contribution in [0.15, 0.2) is 48.5 Å². The van der Waals surface area contributed by atoms with Crippen LogP contribution >= 0.6 is 0 Å². The van der Waals surface area contributed by atoms with Crippen LogP contribution < -0.4 is 14.8 Å². The van der Waals surface area contributed by atoms with Gasteiger partial charge in [-0.05, 0) is 55.3 Å². The zero-order valence-electron chi connectivity index (χ0n) is 15.7. The van der Waals surface area contributed by atoms with Crippen LogP contribution in [0.1, 0.15) is 18.1 Å². The van der Waals surface area contributed by atoms with E-state index < -0.39 is 11.9 Å². The third kappa shape index (κ3) is 6.51. The average molecular weight is 369 g/mol. The second-order valence-electron chi connectivity index (χ2n) is 5.70. The zero-order valence-corrected chi connectivity index (χ0v) is 15.7. The maximum Gasteiger partial charge on any atom is 0.331 e. The molecular weight excluding hydrogens is 346 g/mol. The summed E-state index contributed by atoms with van der Waals surface area (Å²) in [4.78, 5) is 23.7. The molecule has 6 heteroatoms. The fraction of sp³-hybridized carbons (Fsp3) is 0.238. The lowest BCUT2D eigenvalue weighted by atomic mass is 10.2. The van der Waals surface area contributed by atoms with Gasteiger partial charge in [0, 0.05) is 11.8 Å². The first kappa shape index (κ1) is 20.0. The molecule has 0 unspecified atom stereocenters. The molecule has 0 heterocycles. The highest BCUT2D eigenvalue weighted by atomic mass is 16.5. The monoisotopic (exact) mass is 369 g/mol. The van der Waals surface area contributed by atoms with E-state index in [1.54, 1.807) is 37.5 Å². The molecular formula is C21H23NO5. The summed E-state index contributed by atoms with van der Waals surface area (Å²) in [7, 11) is 1.56. The molecule has 0 saturated carbocycles. The summed E-state index contributed by atoms with van der Waals surface area (Å²) in [5.41, 5.74) is 2.44. The summed E-state index contributed by atoms with van der Waals surface area (Å²) < 4.78 is 15.7. The lowest BCUT2D eigenvalue weighted by molar-refractivity contribution is -0.142. The van der Waals surface area contributed by atoms with Crippen molar-refractivity contribution in [2.45, 2.75) is 13.8 Å². The van der Waals surface area contributed by atoms with E-state index in [2.05, 4.69) is 5.32 Å². The molecule has 0 bridgehead atoms. The van der Waals surface area contributed by atoms with Crippen LogP contribution in [0.5, 0.6) is 11.5 Å². The van der Waals surface area contributed by atoms with Crippen molar-refractivity contribution >= 4 is 23.6 Å². The van der Waals surface area contributed by atoms with Gasteiger partial charge in [0.1, 0.15) is 0 Å². The van der Waals surface area contributed by atoms with Crippen molar-refractivity contribution in [2.75, 3.05) is 25.6 Å². The highest BCUT2D eigenvalue weighted by Gasteiger charge is 2.07. The number of benzene rings is 2. The Bertz CT molecular complexity index is 829. The summed E-state index contributed by atoms with van der Waals surface area (Å²) in [6, 6.07) is 12.7. The topological polar surface area (TPSA) is 73.9 Å². The lowest BCUT2D eigenvalue weighted by Crippen LogP contribution is -2.20. The minimum atomic E-state index is -0.608. The molecule has 6 nitrogen and oxygen atoms in total. The predicted octanol–water partition coefficient (Wildman–Crippen LogP) is 3.60. The van der Waals surface area contributed by atoms with Crippen LogP contribution in [0.2, 0.25) is 0 Å². The van der Waals surface area contributed by atoms with Crippen molar-refractivity contribution in [3.63, 3.8) is 0 Å². The van der Waals surface area contributed by atoms with Crippen molar-refractivity contribution in [3.05, 3.63) is 59.7 Å². The first-order chi connectivity index (χ1) is 13.0. The number of nitrogens with one attached hydrogen (secondary N) is 1. The maximum absolute atomic E-state index is 11.8. The molecule has 0 fully saturated rings. The Morgan fingerprint density at radius 2 is 1.93 bits per heavy atom. The Morgan fingerprint density at radius 3 is 2.63 bits per heavy atom. The lowest BCUT2D eigenvalue weighted by Gasteiger charge is -2.09. The van der Waals surface area contributed by atoms with Gasteiger partial charge in [-0.1, -0.05) is 18.2 Å². The number of ether oxygens (including phenoxy) is 3. The second-order valence-corrected chi connectivity index (χ2v) is 5.70. The molecule has 0 spiro atoms. The molecule has 2 rings (SSSR count). The molecule has 1 N–H and O–H groups in total. The number of anilines is 1. The Kier molecular flexibility index (Phi) is 7.43. The highest BCUT2D eigenvalue weighted by Crippen LogP contribution is 2.28. The van der Waals surface area contributed by atoms with Crippen LogP contribution in [-0.2, 0) is 14.3 Å². The van der Waals surface area contributed by atoms with Crippen molar-refractivity contribution in [1.29, 1.82) is 0 Å². The third-order valence-corrected chi connectivity index (χ3v) is 3.55. The standard InChI is InChI=1S/C21H23NO5/c1-4-26-19-13-16(8-10-18(19)25-3)9-11-21(24)27-14-20(23)22-17-7-5-6-15(2)12-17/h5-13H,4,14H2,1-3H3,(H,22,23)/b11-9+. The van der Waals surface area contributed by atoms with Crippen LogP contribution in [0, 0.1) is 6.92 Å². The average Bonchev–Trinajstić information content (AvgIpc) is 2.65. The number of amides is 1. The first-order valence-corrected chi connectivity index (χ1v) is 8.54. The van der Waals surface area contributed by atoms with Gasteiger partial charge < -0.3 is 19.5 Å². The second kappa shape index (κ2) is 10.0. The van der Waals surface area contributed by atoms with Gasteiger partial charge in [-0.25, -0.2) is 4.79 Å². The number of carbonyl (C=O) groups excluding carboxylic acids is 2. The molecule has 0 aliphatic heterocycles. The van der Waals surface area contributed by atoms with E-state index in [4.69, 9.17) is 14.2 Å². The number of rotatable bonds is 8. The van der Waals surface area contributed by atoms with Gasteiger partial charge in [-0.3, -0.25) is 4.79 Å². The Hall–Kier alpha value is -3.28. The van der Waals surface area contributed by atoms with E-state index in [1.807, 2.05) is 32.0 Å². The van der Waals surface area contributed by atoms with Gasteiger partial charge in [-0.2, -0.15) is 0 Å². The molecule has 142 valence electrons. The number of methoxy groups -OCH3 is 1. The van der Waals surface area contributed by atoms with Crippen LogP contribution in [0.3, 0.4) is 0 Å². The fourth-order valence-corrected chi connectivity index (χ4v) is 2.33. The van der Waals surface area contributed by atoms with Crippen LogP contribution in [0.4, 0.5) is 5.69 Å². The smallest absolute Gasteiger partial charge is 0.331 e. The van der Waals surface area contributed by atoms with Gasteiger partial charge in [0.25, 0.3) is 5.91 Å². The van der Waals surface area contributed by atoms with Crippen molar-refractivity contribution in [3.8, 4) is 11.5 Å². The molecule has 2 aromatic carbocycles. The Morgan fingerprint density at radius 1 is 1.11 bits per heavy atom. The number of carbonyl (C=O) groups is 2. The number of aryl methyl sites for hydroxylation is 1. The summed E-state index contributed by atoms with van der Waals surface area (Å²) in [6.45, 7) is 3.95. The minimum Gasteiger partial charge on any atom is -0.493 e. The van der Waals surface area contributed by atoms with Gasteiger partial charge in [0.05, 0.1) is 13.7 Å². The summed E-state index contributed by atoms with van der Waals surface area (Å²) in [6.07, 6.45) is 2.85. The van der Waals surface area contributed by atoms with Gasteiger partial charge in [0.15, 0.2) is 18.1 Å².